The smallest absolute Gasteiger partial charge is 0.247 e. The van der Waals surface area contributed by atoms with Gasteiger partial charge in [-0.05, 0) is 19.8 Å². The molecule has 0 fully saturated rings. The molecular weight excluding hydrogens is 376 g/mol. The Bertz CT molecular complexity index is 479. The highest BCUT2D eigenvalue weighted by molar-refractivity contribution is 4.90. The van der Waals surface area contributed by atoms with Gasteiger partial charge in [0.1, 0.15) is 12.4 Å². The second-order valence-electron chi connectivity index (χ2n) is 9.92. The van der Waals surface area contributed by atoms with Gasteiger partial charge >= 0.3 is 0 Å². The third kappa shape index (κ3) is 14.8. The molecular formula is C29H57N2+. The van der Waals surface area contributed by atoms with Crippen LogP contribution in [0.4, 0.5) is 0 Å². The zero-order valence-corrected chi connectivity index (χ0v) is 21.7. The zero-order valence-electron chi connectivity index (χ0n) is 21.7. The monoisotopic (exact) mass is 433 g/mol. The number of rotatable bonds is 23. The lowest BCUT2D eigenvalue weighted by Crippen LogP contribution is -2.36. The average molecular weight is 434 g/mol. The van der Waals surface area contributed by atoms with Crippen LogP contribution in [0.5, 0.6) is 0 Å². The number of hydrogen-bond acceptors (Lipinski definition) is 0. The van der Waals surface area contributed by atoms with Crippen molar-refractivity contribution in [2.75, 3.05) is 0 Å². The van der Waals surface area contributed by atoms with Gasteiger partial charge in [-0.1, -0.05) is 136 Å². The second-order valence-corrected chi connectivity index (χ2v) is 9.92. The molecule has 1 aromatic heterocycles. The van der Waals surface area contributed by atoms with Crippen LogP contribution in [0.1, 0.15) is 167 Å². The number of nitrogens with zero attached hydrogens (tertiary/aromatic N) is 1. The third-order valence-electron chi connectivity index (χ3n) is 7.08. The van der Waals surface area contributed by atoms with E-state index in [0.717, 1.165) is 12.5 Å². The quantitative estimate of drug-likeness (QED) is 0.131. The van der Waals surface area contributed by atoms with E-state index >= 15 is 0 Å². The van der Waals surface area contributed by atoms with Crippen molar-refractivity contribution >= 4 is 0 Å². The van der Waals surface area contributed by atoms with Crippen molar-refractivity contribution in [2.24, 2.45) is 0 Å². The first-order valence-corrected chi connectivity index (χ1v) is 14.4. The number of nitrogens with one attached hydrogen (secondary N) is 1. The normalized spacial score (nSPS) is 12.5. The van der Waals surface area contributed by atoms with Crippen molar-refractivity contribution in [3.05, 3.63) is 18.2 Å². The number of aromatic amines is 1. The SMILES string of the molecule is CCCCCCCCCCCCC[C@H](CCCCCCCCCC)c1[nH]cc[n+]1CC. The fraction of sp³-hybridized carbons (Fsp3) is 0.897. The molecule has 0 bridgehead atoms. The predicted molar refractivity (Wildman–Crippen MR) is 138 cm³/mol. The topological polar surface area (TPSA) is 19.7 Å². The average Bonchev–Trinajstić information content (AvgIpc) is 3.26. The molecule has 0 aliphatic rings. The summed E-state index contributed by atoms with van der Waals surface area (Å²) in [7, 11) is 0. The Morgan fingerprint density at radius 1 is 0.581 bits per heavy atom. The highest BCUT2D eigenvalue weighted by atomic mass is 15.1. The lowest BCUT2D eigenvalue weighted by atomic mass is 9.93. The van der Waals surface area contributed by atoms with Crippen LogP contribution in [-0.2, 0) is 6.54 Å². The Kier molecular flexibility index (Phi) is 19.2. The zero-order chi connectivity index (χ0) is 22.4. The van der Waals surface area contributed by atoms with Gasteiger partial charge in [0, 0.05) is 0 Å². The fourth-order valence-electron chi connectivity index (χ4n) is 5.00. The van der Waals surface area contributed by atoms with Gasteiger partial charge in [-0.2, -0.15) is 0 Å². The second kappa shape index (κ2) is 21.1. The summed E-state index contributed by atoms with van der Waals surface area (Å²) >= 11 is 0. The molecule has 0 aliphatic heterocycles. The van der Waals surface area contributed by atoms with Crippen LogP contribution >= 0.6 is 0 Å². The number of unbranched alkanes of at least 4 members (excludes halogenated alkanes) is 17. The van der Waals surface area contributed by atoms with E-state index in [9.17, 15) is 0 Å². The Morgan fingerprint density at radius 3 is 1.35 bits per heavy atom. The summed E-state index contributed by atoms with van der Waals surface area (Å²) in [6.45, 7) is 7.97. The number of hydrogen-bond donors (Lipinski definition) is 1. The highest BCUT2D eigenvalue weighted by Gasteiger charge is 2.21. The molecule has 0 saturated heterocycles. The van der Waals surface area contributed by atoms with E-state index < -0.39 is 0 Å². The number of imidazole rings is 1. The van der Waals surface area contributed by atoms with Crippen molar-refractivity contribution in [1.82, 2.24) is 4.98 Å². The van der Waals surface area contributed by atoms with E-state index in [2.05, 4.69) is 42.7 Å². The summed E-state index contributed by atoms with van der Waals surface area (Å²) in [5, 5.41) is 0. The summed E-state index contributed by atoms with van der Waals surface area (Å²) in [6, 6.07) is 0. The van der Waals surface area contributed by atoms with Gasteiger partial charge in [0.15, 0.2) is 0 Å². The highest BCUT2D eigenvalue weighted by Crippen LogP contribution is 2.26. The van der Waals surface area contributed by atoms with Crippen LogP contribution in [0.3, 0.4) is 0 Å². The van der Waals surface area contributed by atoms with Crippen LogP contribution in [0.25, 0.3) is 0 Å². The minimum Gasteiger partial charge on any atom is -0.247 e. The lowest BCUT2D eigenvalue weighted by Gasteiger charge is -2.14. The first-order chi connectivity index (χ1) is 15.3. The van der Waals surface area contributed by atoms with E-state index in [0.29, 0.717) is 0 Å². The van der Waals surface area contributed by atoms with E-state index in [1.54, 1.807) is 0 Å². The Morgan fingerprint density at radius 2 is 0.968 bits per heavy atom. The van der Waals surface area contributed by atoms with Crippen LogP contribution in [-0.4, -0.2) is 4.98 Å². The van der Waals surface area contributed by atoms with Gasteiger partial charge in [0.25, 0.3) is 5.82 Å². The molecule has 2 nitrogen and oxygen atoms in total. The summed E-state index contributed by atoms with van der Waals surface area (Å²) in [5.41, 5.74) is 0. The molecule has 0 saturated carbocycles. The van der Waals surface area contributed by atoms with E-state index in [4.69, 9.17) is 0 Å². The Labute approximate surface area is 196 Å². The molecule has 1 N–H and O–H groups in total. The Balaban J connectivity index is 2.18. The largest absolute Gasteiger partial charge is 0.257 e. The molecule has 1 atom stereocenters. The van der Waals surface area contributed by atoms with Gasteiger partial charge < -0.3 is 0 Å². The van der Waals surface area contributed by atoms with Crippen LogP contribution in [0.15, 0.2) is 12.4 Å². The summed E-state index contributed by atoms with van der Waals surface area (Å²) < 4.78 is 2.44. The van der Waals surface area contributed by atoms with Gasteiger partial charge in [-0.15, -0.1) is 0 Å². The molecule has 0 unspecified atom stereocenters. The predicted octanol–water partition coefficient (Wildman–Crippen LogP) is 9.64. The molecule has 0 spiro atoms. The summed E-state index contributed by atoms with van der Waals surface area (Å²) in [5.74, 6) is 2.21. The van der Waals surface area contributed by atoms with Gasteiger partial charge in [0.2, 0.25) is 0 Å². The summed E-state index contributed by atoms with van der Waals surface area (Å²) in [4.78, 5) is 3.58. The van der Waals surface area contributed by atoms with Gasteiger partial charge in [0.05, 0.1) is 12.5 Å². The number of H-pyrrole nitrogens is 1. The number of aryl methyl sites for hydroxylation is 1. The summed E-state index contributed by atoms with van der Waals surface area (Å²) in [6.07, 6.45) is 34.3. The molecule has 0 aliphatic carbocycles. The third-order valence-corrected chi connectivity index (χ3v) is 7.08. The van der Waals surface area contributed by atoms with Gasteiger partial charge in [-0.3, -0.25) is 0 Å². The molecule has 0 radical (unpaired) electrons. The van der Waals surface area contributed by atoms with Crippen LogP contribution in [0.2, 0.25) is 0 Å². The molecule has 31 heavy (non-hydrogen) atoms. The van der Waals surface area contributed by atoms with Crippen LogP contribution < -0.4 is 4.57 Å². The molecule has 1 aromatic rings. The lowest BCUT2D eigenvalue weighted by molar-refractivity contribution is -0.701. The molecule has 2 heteroatoms. The maximum atomic E-state index is 3.58. The van der Waals surface area contributed by atoms with Gasteiger partial charge in [-0.25, -0.2) is 9.55 Å². The van der Waals surface area contributed by atoms with Crippen molar-refractivity contribution in [3.8, 4) is 0 Å². The number of aromatic nitrogens is 2. The fourth-order valence-corrected chi connectivity index (χ4v) is 5.00. The van der Waals surface area contributed by atoms with E-state index in [1.165, 1.54) is 141 Å². The van der Waals surface area contributed by atoms with E-state index in [-0.39, 0.29) is 0 Å². The first-order valence-electron chi connectivity index (χ1n) is 14.4. The molecule has 1 rings (SSSR count). The Hall–Kier alpha value is -0.790. The maximum Gasteiger partial charge on any atom is 0.257 e. The van der Waals surface area contributed by atoms with Crippen molar-refractivity contribution in [3.63, 3.8) is 0 Å². The van der Waals surface area contributed by atoms with Crippen LogP contribution in [0, 0.1) is 0 Å². The molecule has 1 heterocycles. The molecule has 0 amide bonds. The standard InChI is InChI=1S/C29H56N2/c1-4-7-9-11-13-15-16-17-19-21-23-25-28(29-30-26-27-31(29)6-3)24-22-20-18-14-12-10-8-5-2/h26-28H,4-25H2,1-3H3/p+1/t28-/m0/s1. The first kappa shape index (κ1) is 28.2. The minimum absolute atomic E-state index is 0.730. The van der Waals surface area contributed by atoms with Crippen molar-refractivity contribution in [2.45, 2.75) is 168 Å². The van der Waals surface area contributed by atoms with Crippen molar-refractivity contribution in [1.29, 1.82) is 0 Å². The molecule has 0 aromatic carbocycles. The maximum absolute atomic E-state index is 3.58. The van der Waals surface area contributed by atoms with E-state index in [1.807, 2.05) is 0 Å². The minimum atomic E-state index is 0.730. The molecule has 182 valence electrons. The van der Waals surface area contributed by atoms with Crippen molar-refractivity contribution < 1.29 is 4.57 Å².